The average Bonchev–Trinajstić information content (AvgIpc) is 4.09. The first-order valence-electron chi connectivity index (χ1n) is 17.6. The molecule has 12 nitrogen and oxygen atoms in total. The highest BCUT2D eigenvalue weighted by molar-refractivity contribution is 6.34. The summed E-state index contributed by atoms with van der Waals surface area (Å²) in [7, 11) is 0. The monoisotopic (exact) mass is 760 g/mol. The molecule has 2 saturated carbocycles. The average molecular weight is 762 g/mol. The molecule has 4 unspecified atom stereocenters. The second-order valence-electron chi connectivity index (χ2n) is 13.5. The van der Waals surface area contributed by atoms with Crippen molar-refractivity contribution in [2.24, 2.45) is 0 Å². The molecule has 2 aliphatic carbocycles. The van der Waals surface area contributed by atoms with Crippen LogP contribution in [0.4, 0.5) is 0 Å². The molecule has 2 fully saturated rings. The van der Waals surface area contributed by atoms with Gasteiger partial charge in [-0.05, 0) is 85.9 Å². The van der Waals surface area contributed by atoms with E-state index in [0.29, 0.717) is 29.3 Å². The molecule has 0 spiro atoms. The van der Waals surface area contributed by atoms with E-state index < -0.39 is 61.5 Å². The number of carboxylic acid groups (broad SMARTS) is 1. The topological polar surface area (TPSA) is 190 Å². The zero-order valence-electron chi connectivity index (χ0n) is 28.7. The first kappa shape index (κ1) is 39.9. The Kier molecular flexibility index (Phi) is 13.9. The van der Waals surface area contributed by atoms with Crippen molar-refractivity contribution in [1.29, 1.82) is 0 Å². The highest BCUT2D eigenvalue weighted by atomic mass is 35.5. The summed E-state index contributed by atoms with van der Waals surface area (Å²) >= 11 is 13.4. The largest absolute Gasteiger partial charge is 0.490 e. The van der Waals surface area contributed by atoms with E-state index in [4.69, 9.17) is 42.9 Å². The molecular formula is C38H46Cl2N2O10. The van der Waals surface area contributed by atoms with E-state index in [1.165, 1.54) is 0 Å². The number of rotatable bonds is 21. The lowest BCUT2D eigenvalue weighted by Crippen LogP contribution is -2.50. The Morgan fingerprint density at radius 2 is 1.62 bits per heavy atom. The van der Waals surface area contributed by atoms with Crippen molar-refractivity contribution < 1.29 is 49.7 Å². The van der Waals surface area contributed by atoms with Gasteiger partial charge in [0.15, 0.2) is 0 Å². The van der Waals surface area contributed by atoms with Gasteiger partial charge < -0.3 is 45.0 Å². The number of hydrogen-bond acceptors (Lipinski definition) is 10. The molecular weight excluding hydrogens is 715 g/mol. The van der Waals surface area contributed by atoms with Crippen molar-refractivity contribution >= 4 is 35.1 Å². The molecule has 1 amide bonds. The van der Waals surface area contributed by atoms with Crippen LogP contribution in [0, 0.1) is 0 Å². The predicted molar refractivity (Wildman–Crippen MR) is 193 cm³/mol. The third kappa shape index (κ3) is 10.4. The zero-order valence-corrected chi connectivity index (χ0v) is 30.3. The van der Waals surface area contributed by atoms with Gasteiger partial charge in [0, 0.05) is 53.1 Å². The second-order valence-corrected chi connectivity index (χ2v) is 14.4. The van der Waals surface area contributed by atoms with Crippen molar-refractivity contribution in [3.8, 4) is 16.9 Å². The number of carboxylic acids is 1. The van der Waals surface area contributed by atoms with Gasteiger partial charge in [-0.15, -0.1) is 0 Å². The molecule has 0 saturated heterocycles. The van der Waals surface area contributed by atoms with Crippen molar-refractivity contribution in [2.45, 2.75) is 101 Å². The molecule has 52 heavy (non-hydrogen) atoms. The lowest BCUT2D eigenvalue weighted by Gasteiger charge is -2.30. The maximum Gasteiger partial charge on any atom is 0.305 e. The van der Waals surface area contributed by atoms with Gasteiger partial charge in [0.25, 0.3) is 0 Å². The van der Waals surface area contributed by atoms with Crippen molar-refractivity contribution in [1.82, 2.24) is 9.88 Å². The molecule has 0 aliphatic heterocycles. The maximum atomic E-state index is 13.0. The van der Waals surface area contributed by atoms with Crippen LogP contribution in [0.2, 0.25) is 10.0 Å². The number of halogens is 2. The van der Waals surface area contributed by atoms with Gasteiger partial charge in [-0.2, -0.15) is 0 Å². The van der Waals surface area contributed by atoms with Crippen LogP contribution in [-0.2, 0) is 33.0 Å². The highest BCUT2D eigenvalue weighted by Crippen LogP contribution is 2.53. The number of ether oxygens (including phenoxy) is 2. The molecule has 14 heteroatoms. The van der Waals surface area contributed by atoms with Gasteiger partial charge in [-0.3, -0.25) is 14.6 Å². The third-order valence-corrected chi connectivity index (χ3v) is 10.2. The van der Waals surface area contributed by atoms with Crippen molar-refractivity contribution in [3.05, 3.63) is 81.6 Å². The summed E-state index contributed by atoms with van der Waals surface area (Å²) in [6.07, 6.45) is 1.67. The smallest absolute Gasteiger partial charge is 0.305 e. The minimum atomic E-state index is -1.88. The molecule has 282 valence electrons. The first-order valence-corrected chi connectivity index (χ1v) is 18.3. The summed E-state index contributed by atoms with van der Waals surface area (Å²) in [4.78, 5) is 29.7. The molecule has 5 rings (SSSR count). The number of carbonyl (C=O) groups excluding carboxylic acids is 1. The van der Waals surface area contributed by atoms with Crippen LogP contribution >= 0.6 is 23.2 Å². The van der Waals surface area contributed by atoms with E-state index in [1.54, 1.807) is 18.3 Å². The van der Waals surface area contributed by atoms with E-state index >= 15 is 0 Å². The lowest BCUT2D eigenvalue weighted by atomic mass is 9.96. The Morgan fingerprint density at radius 3 is 2.31 bits per heavy atom. The Hall–Kier alpha value is -3.33. The molecule has 6 N–H and O–H groups in total. The molecule has 2 aliphatic rings. The van der Waals surface area contributed by atoms with Gasteiger partial charge in [0.2, 0.25) is 5.91 Å². The van der Waals surface area contributed by atoms with Crippen LogP contribution in [0.25, 0.3) is 11.1 Å². The number of nitrogens with zero attached hydrogens (tertiary/aromatic N) is 2. The normalized spacial score (nSPS) is 17.2. The fourth-order valence-electron chi connectivity index (χ4n) is 6.10. The van der Waals surface area contributed by atoms with Gasteiger partial charge in [-0.25, -0.2) is 0 Å². The standard InChI is InChI=1S/C38H46Cl2N2O10/c39-29-18-24(22-51-38(13-14-38)28-19-41-15-11-26(28)27-6-2-3-7-33(27)52-25-9-10-25)30(40)17-23(29)5-1-4-8-34(46)42(16-12-35(47)48)20-31(44)36(49)37(50)32(45)21-43/h2-3,6-7,11,15,17-19,25,31-32,36-37,43-45,49-50H,1,4-5,8-10,12-14,16,20-22H2,(H,47,48). The summed E-state index contributed by atoms with van der Waals surface area (Å²) in [5, 5.41) is 59.1. The highest BCUT2D eigenvalue weighted by Gasteiger charge is 2.48. The Bertz CT molecular complexity index is 1690. The number of aromatic nitrogens is 1. The molecule has 1 heterocycles. The molecule has 0 bridgehead atoms. The molecule has 2 aromatic carbocycles. The van der Waals surface area contributed by atoms with Crippen LogP contribution in [-0.4, -0.2) is 103 Å². The molecule has 3 aromatic rings. The number of pyridine rings is 1. The first-order chi connectivity index (χ1) is 24.9. The van der Waals surface area contributed by atoms with Gasteiger partial charge >= 0.3 is 5.97 Å². The van der Waals surface area contributed by atoms with Crippen LogP contribution in [0.15, 0.2) is 54.9 Å². The Balaban J connectivity index is 1.16. The van der Waals surface area contributed by atoms with Crippen LogP contribution in [0.5, 0.6) is 5.75 Å². The SMILES string of the molecule is O=C(O)CCN(CC(O)C(O)C(O)C(O)CO)C(=O)CCCCc1cc(Cl)c(COC2(c3cnccc3-c3ccccc3OC3CC3)CC2)cc1Cl. The van der Waals surface area contributed by atoms with Crippen LogP contribution < -0.4 is 4.74 Å². The maximum absolute atomic E-state index is 13.0. The molecule has 4 atom stereocenters. The third-order valence-electron chi connectivity index (χ3n) is 9.50. The van der Waals surface area contributed by atoms with Crippen molar-refractivity contribution in [3.63, 3.8) is 0 Å². The minimum Gasteiger partial charge on any atom is -0.490 e. The number of hydrogen-bond donors (Lipinski definition) is 6. The van der Waals surface area contributed by atoms with E-state index in [1.807, 2.05) is 30.5 Å². The summed E-state index contributed by atoms with van der Waals surface area (Å²) in [5.74, 6) is -0.756. The number of aliphatic hydroxyl groups excluding tert-OH is 5. The quantitative estimate of drug-likeness (QED) is 0.0852. The summed E-state index contributed by atoms with van der Waals surface area (Å²) in [6.45, 7) is -1.31. The van der Waals surface area contributed by atoms with Gasteiger partial charge in [0.1, 0.15) is 30.2 Å². The Morgan fingerprint density at radius 1 is 0.923 bits per heavy atom. The molecule has 1 aromatic heterocycles. The number of aryl methyl sites for hydroxylation is 1. The minimum absolute atomic E-state index is 0.0249. The fraction of sp³-hybridized carbons (Fsp3) is 0.500. The number of unbranched alkanes of at least 4 members (excludes halogenated alkanes) is 1. The van der Waals surface area contributed by atoms with E-state index in [-0.39, 0.29) is 25.7 Å². The number of aliphatic carboxylic acids is 1. The Labute approximate surface area is 312 Å². The summed E-state index contributed by atoms with van der Waals surface area (Å²) in [5.41, 5.74) is 4.06. The number of amides is 1. The van der Waals surface area contributed by atoms with E-state index in [2.05, 4.69) is 11.1 Å². The van der Waals surface area contributed by atoms with Gasteiger partial charge in [-0.1, -0.05) is 41.4 Å². The van der Waals surface area contributed by atoms with Gasteiger partial charge in [0.05, 0.1) is 31.3 Å². The fourth-order valence-corrected chi connectivity index (χ4v) is 6.62. The summed E-state index contributed by atoms with van der Waals surface area (Å²) < 4.78 is 12.8. The van der Waals surface area contributed by atoms with E-state index in [9.17, 15) is 30.0 Å². The van der Waals surface area contributed by atoms with E-state index in [0.717, 1.165) is 64.1 Å². The number of para-hydroxylation sites is 1. The second kappa shape index (κ2) is 18.1. The summed E-state index contributed by atoms with van der Waals surface area (Å²) in [6, 6.07) is 13.6. The molecule has 0 radical (unpaired) electrons. The predicted octanol–water partition coefficient (Wildman–Crippen LogP) is 4.25. The van der Waals surface area contributed by atoms with Crippen LogP contribution in [0.3, 0.4) is 0 Å². The number of aliphatic hydroxyl groups is 5. The number of carbonyl (C=O) groups is 2. The zero-order chi connectivity index (χ0) is 37.4. The number of benzene rings is 2. The van der Waals surface area contributed by atoms with Crippen LogP contribution in [0.1, 0.15) is 68.1 Å². The van der Waals surface area contributed by atoms with Crippen molar-refractivity contribution in [2.75, 3.05) is 19.7 Å². The lowest BCUT2D eigenvalue weighted by molar-refractivity contribution is -0.142.